The van der Waals surface area contributed by atoms with Crippen molar-refractivity contribution in [2.75, 3.05) is 12.4 Å². The maximum absolute atomic E-state index is 12.9. The molecule has 1 aliphatic heterocycles. The number of benzene rings is 2. The Morgan fingerprint density at radius 1 is 1.21 bits per heavy atom. The summed E-state index contributed by atoms with van der Waals surface area (Å²) in [5.74, 6) is -0.114. The van der Waals surface area contributed by atoms with E-state index in [1.165, 1.54) is 11.3 Å². The maximum Gasteiger partial charge on any atom is 0.339 e. The lowest BCUT2D eigenvalue weighted by Gasteiger charge is -2.32. The molecule has 2 heterocycles. The van der Waals surface area contributed by atoms with Gasteiger partial charge >= 0.3 is 5.97 Å². The largest absolute Gasteiger partial charge is 0.497 e. The lowest BCUT2D eigenvalue weighted by Crippen LogP contribution is -2.48. The fraction of sp³-hybridized carbons (Fsp3) is 0.227. The van der Waals surface area contributed by atoms with E-state index in [1.807, 2.05) is 43.3 Å². The number of esters is 1. The highest BCUT2D eigenvalue weighted by Gasteiger charge is 2.43. The number of anilines is 1. The topological polar surface area (TPSA) is 77.5 Å². The smallest absolute Gasteiger partial charge is 0.339 e. The first-order valence-corrected chi connectivity index (χ1v) is 9.96. The van der Waals surface area contributed by atoms with Crippen molar-refractivity contribution in [3.8, 4) is 17.0 Å². The van der Waals surface area contributed by atoms with Gasteiger partial charge in [-0.1, -0.05) is 18.2 Å². The van der Waals surface area contributed by atoms with Gasteiger partial charge in [0.1, 0.15) is 5.75 Å². The summed E-state index contributed by atoms with van der Waals surface area (Å²) in [6, 6.07) is 14.8. The summed E-state index contributed by atoms with van der Waals surface area (Å²) in [4.78, 5) is 30.8. The number of rotatable bonds is 4. The number of ether oxygens (including phenoxy) is 2. The van der Waals surface area contributed by atoms with Crippen LogP contribution in [0.4, 0.5) is 5.13 Å². The third kappa shape index (κ3) is 3.61. The molecule has 0 aliphatic carbocycles. The summed E-state index contributed by atoms with van der Waals surface area (Å²) < 4.78 is 10.7. The minimum Gasteiger partial charge on any atom is -0.497 e. The second-order valence-electron chi connectivity index (χ2n) is 7.06. The highest BCUT2D eigenvalue weighted by molar-refractivity contribution is 7.16. The number of cyclic esters (lactones) is 1. The SMILES string of the molecule is COc1ccc(-c2nc(NC(=O)[C@]3(C)Cc4ccccc4C(=O)O3)sc2C)cc1. The second-order valence-corrected chi connectivity index (χ2v) is 8.26. The number of carbonyl (C=O) groups excluding carboxylic acids is 2. The molecule has 0 radical (unpaired) electrons. The molecule has 1 N–H and O–H groups in total. The van der Waals surface area contributed by atoms with E-state index in [0.717, 1.165) is 27.4 Å². The Labute approximate surface area is 172 Å². The Bertz CT molecular complexity index is 1090. The zero-order valence-corrected chi connectivity index (χ0v) is 17.1. The van der Waals surface area contributed by atoms with Crippen LogP contribution in [-0.4, -0.2) is 29.6 Å². The van der Waals surface area contributed by atoms with Crippen LogP contribution in [0, 0.1) is 6.92 Å². The number of methoxy groups -OCH3 is 1. The van der Waals surface area contributed by atoms with Crippen molar-refractivity contribution in [1.82, 2.24) is 4.98 Å². The van der Waals surface area contributed by atoms with Crippen LogP contribution in [0.3, 0.4) is 0 Å². The maximum atomic E-state index is 12.9. The number of aromatic nitrogens is 1. The molecule has 1 atom stereocenters. The summed E-state index contributed by atoms with van der Waals surface area (Å²) in [6.07, 6.45) is 0.316. The lowest BCUT2D eigenvalue weighted by atomic mass is 9.89. The molecule has 1 aliphatic rings. The Balaban J connectivity index is 1.55. The molecule has 2 aromatic carbocycles. The van der Waals surface area contributed by atoms with Crippen molar-refractivity contribution in [3.05, 3.63) is 64.5 Å². The molecule has 29 heavy (non-hydrogen) atoms. The molecule has 0 bridgehead atoms. The normalized spacial score (nSPS) is 18.0. The lowest BCUT2D eigenvalue weighted by molar-refractivity contribution is -0.134. The first kappa shape index (κ1) is 19.1. The van der Waals surface area contributed by atoms with Gasteiger partial charge in [0.25, 0.3) is 5.91 Å². The van der Waals surface area contributed by atoms with Gasteiger partial charge in [-0.3, -0.25) is 10.1 Å². The Kier molecular flexibility index (Phi) is 4.84. The molecule has 148 valence electrons. The fourth-order valence-corrected chi connectivity index (χ4v) is 4.19. The van der Waals surface area contributed by atoms with Crippen molar-refractivity contribution in [3.63, 3.8) is 0 Å². The Morgan fingerprint density at radius 3 is 2.66 bits per heavy atom. The zero-order chi connectivity index (χ0) is 20.6. The molecular formula is C22H20N2O4S. The number of thiazole rings is 1. The summed E-state index contributed by atoms with van der Waals surface area (Å²) in [5.41, 5.74) is 1.75. The minimum absolute atomic E-state index is 0.316. The molecule has 6 nitrogen and oxygen atoms in total. The minimum atomic E-state index is -1.29. The number of aryl methyl sites for hydroxylation is 1. The number of fused-ring (bicyclic) bond motifs is 1. The average Bonchev–Trinajstić information content (AvgIpc) is 3.08. The van der Waals surface area contributed by atoms with E-state index in [-0.39, 0.29) is 0 Å². The standard InChI is InChI=1S/C22H20N2O4S/c1-13-18(14-8-10-16(27-3)11-9-14)23-21(29-13)24-20(26)22(2)12-15-6-4-5-7-17(15)19(25)28-22/h4-11H,12H2,1-3H3,(H,23,24,26)/t22-/m0/s1. The van der Waals surface area contributed by atoms with Crippen LogP contribution in [-0.2, 0) is 16.0 Å². The van der Waals surface area contributed by atoms with Gasteiger partial charge in [-0.25, -0.2) is 9.78 Å². The first-order valence-electron chi connectivity index (χ1n) is 9.14. The summed E-state index contributed by atoms with van der Waals surface area (Å²) in [7, 11) is 1.62. The molecule has 7 heteroatoms. The molecule has 0 fully saturated rings. The van der Waals surface area contributed by atoms with E-state index >= 15 is 0 Å². The zero-order valence-electron chi connectivity index (χ0n) is 16.3. The summed E-state index contributed by atoms with van der Waals surface area (Å²) in [5, 5.41) is 3.29. The molecule has 3 aromatic rings. The van der Waals surface area contributed by atoms with E-state index in [9.17, 15) is 9.59 Å². The number of nitrogens with one attached hydrogen (secondary N) is 1. The van der Waals surface area contributed by atoms with E-state index < -0.39 is 17.5 Å². The highest BCUT2D eigenvalue weighted by Crippen LogP contribution is 2.33. The van der Waals surface area contributed by atoms with Crippen LogP contribution in [0.2, 0.25) is 0 Å². The summed E-state index contributed by atoms with van der Waals surface area (Å²) in [6.45, 7) is 3.58. The molecule has 0 spiro atoms. The highest BCUT2D eigenvalue weighted by atomic mass is 32.1. The van der Waals surface area contributed by atoms with Crippen LogP contribution < -0.4 is 10.1 Å². The van der Waals surface area contributed by atoms with E-state index in [1.54, 1.807) is 26.2 Å². The Hall–Kier alpha value is -3.19. The van der Waals surface area contributed by atoms with Crippen LogP contribution in [0.15, 0.2) is 48.5 Å². The molecular weight excluding hydrogens is 388 g/mol. The molecule has 1 amide bonds. The second kappa shape index (κ2) is 7.33. The quantitative estimate of drug-likeness (QED) is 0.654. The Morgan fingerprint density at radius 2 is 1.93 bits per heavy atom. The van der Waals surface area contributed by atoms with Gasteiger partial charge in [0, 0.05) is 16.9 Å². The van der Waals surface area contributed by atoms with Crippen molar-refractivity contribution >= 4 is 28.3 Å². The van der Waals surface area contributed by atoms with Gasteiger partial charge in [-0.2, -0.15) is 0 Å². The fourth-order valence-electron chi connectivity index (χ4n) is 3.36. The third-order valence-corrected chi connectivity index (χ3v) is 5.83. The van der Waals surface area contributed by atoms with Crippen LogP contribution in [0.25, 0.3) is 11.3 Å². The number of nitrogens with zero attached hydrogens (tertiary/aromatic N) is 1. The molecule has 0 unspecified atom stereocenters. The average molecular weight is 408 g/mol. The van der Waals surface area contributed by atoms with Gasteiger partial charge in [0.2, 0.25) is 0 Å². The molecule has 0 saturated carbocycles. The monoisotopic (exact) mass is 408 g/mol. The van der Waals surface area contributed by atoms with Gasteiger partial charge < -0.3 is 9.47 Å². The van der Waals surface area contributed by atoms with Gasteiger partial charge in [0.15, 0.2) is 10.7 Å². The van der Waals surface area contributed by atoms with Crippen molar-refractivity contribution in [1.29, 1.82) is 0 Å². The molecule has 0 saturated heterocycles. The van der Waals surface area contributed by atoms with Gasteiger partial charge in [-0.05, 0) is 49.7 Å². The summed E-state index contributed by atoms with van der Waals surface area (Å²) >= 11 is 1.38. The first-order chi connectivity index (χ1) is 13.9. The molecule has 1 aromatic heterocycles. The third-order valence-electron chi connectivity index (χ3n) is 4.94. The number of hydrogen-bond donors (Lipinski definition) is 1. The van der Waals surface area contributed by atoms with Crippen LogP contribution in [0.1, 0.15) is 27.7 Å². The van der Waals surface area contributed by atoms with Crippen molar-refractivity contribution < 1.29 is 19.1 Å². The van der Waals surface area contributed by atoms with E-state index in [2.05, 4.69) is 10.3 Å². The number of amides is 1. The van der Waals surface area contributed by atoms with Crippen LogP contribution in [0.5, 0.6) is 5.75 Å². The van der Waals surface area contributed by atoms with Crippen LogP contribution >= 0.6 is 11.3 Å². The van der Waals surface area contributed by atoms with E-state index in [4.69, 9.17) is 9.47 Å². The van der Waals surface area contributed by atoms with Crippen molar-refractivity contribution in [2.45, 2.75) is 25.9 Å². The number of carbonyl (C=O) groups is 2. The van der Waals surface area contributed by atoms with Crippen molar-refractivity contribution in [2.24, 2.45) is 0 Å². The predicted octanol–water partition coefficient (Wildman–Crippen LogP) is 4.24. The number of hydrogen-bond acceptors (Lipinski definition) is 6. The predicted molar refractivity (Wildman–Crippen MR) is 111 cm³/mol. The van der Waals surface area contributed by atoms with E-state index in [0.29, 0.717) is 17.1 Å². The van der Waals surface area contributed by atoms with Gasteiger partial charge in [0.05, 0.1) is 18.4 Å². The van der Waals surface area contributed by atoms with Gasteiger partial charge in [-0.15, -0.1) is 11.3 Å². The molecule has 4 rings (SSSR count).